The van der Waals surface area contributed by atoms with E-state index < -0.39 is 0 Å². The number of halogens is 1. The number of ketones is 1. The number of fused-ring (bicyclic) bond motifs is 1. The number of rotatable bonds is 4. The summed E-state index contributed by atoms with van der Waals surface area (Å²) >= 11 is 3.44. The number of carbonyl (C=O) groups excluding carboxylic acids is 1. The van der Waals surface area contributed by atoms with E-state index in [0.29, 0.717) is 6.61 Å². The van der Waals surface area contributed by atoms with Crippen LogP contribution in [-0.2, 0) is 11.2 Å². The predicted molar refractivity (Wildman–Crippen MR) is 71.8 cm³/mol. The van der Waals surface area contributed by atoms with Gasteiger partial charge in [0.25, 0.3) is 0 Å². The van der Waals surface area contributed by atoms with Crippen LogP contribution in [0.15, 0.2) is 24.3 Å². The number of hydrogen-bond acceptors (Lipinski definition) is 2. The normalized spacial score (nSPS) is 21.1. The van der Waals surface area contributed by atoms with Crippen LogP contribution < -0.4 is 0 Å². The minimum Gasteiger partial charge on any atom is -0.377 e. The third-order valence-corrected chi connectivity index (χ3v) is 3.96. The van der Waals surface area contributed by atoms with E-state index >= 15 is 0 Å². The smallest absolute Gasteiger partial charge is 0.168 e. The number of alkyl halides is 1. The largest absolute Gasteiger partial charge is 0.377 e. The molecule has 2 nitrogen and oxygen atoms in total. The van der Waals surface area contributed by atoms with Gasteiger partial charge in [0.15, 0.2) is 5.78 Å². The van der Waals surface area contributed by atoms with Crippen LogP contribution in [0.3, 0.4) is 0 Å². The molecule has 0 heterocycles. The summed E-state index contributed by atoms with van der Waals surface area (Å²) in [6.45, 7) is 2.62. The number of Topliss-reactive ketones (excluding diaryl/α,β-unsaturated/α-hetero) is 1. The zero-order valence-corrected chi connectivity index (χ0v) is 11.6. The number of hydrogen-bond donors (Lipinski definition) is 0. The Kier molecular flexibility index (Phi) is 4.35. The first-order valence-corrected chi connectivity index (χ1v) is 7.19. The third-order valence-electron chi connectivity index (χ3n) is 3.33. The van der Waals surface area contributed by atoms with Crippen molar-refractivity contribution in [3.63, 3.8) is 0 Å². The summed E-state index contributed by atoms with van der Waals surface area (Å²) in [5.41, 5.74) is 2.06. The van der Waals surface area contributed by atoms with Gasteiger partial charge >= 0.3 is 0 Å². The Labute approximate surface area is 110 Å². The summed E-state index contributed by atoms with van der Waals surface area (Å²) in [6, 6.07) is 7.91. The molecular weight excluding hydrogens is 280 g/mol. The minimum atomic E-state index is 0.000793. The van der Waals surface area contributed by atoms with Crippen LogP contribution in [0, 0.1) is 5.92 Å². The highest BCUT2D eigenvalue weighted by molar-refractivity contribution is 9.09. The number of aryl methyl sites for hydroxylation is 1. The lowest BCUT2D eigenvalue weighted by atomic mass is 9.80. The average Bonchev–Trinajstić information content (AvgIpc) is 2.37. The molecule has 0 aromatic heterocycles. The maximum Gasteiger partial charge on any atom is 0.168 e. The first-order valence-electron chi connectivity index (χ1n) is 6.07. The number of carbonyl (C=O) groups is 1. The van der Waals surface area contributed by atoms with Crippen molar-refractivity contribution in [1.29, 1.82) is 0 Å². The van der Waals surface area contributed by atoms with Gasteiger partial charge in [-0.3, -0.25) is 4.79 Å². The van der Waals surface area contributed by atoms with Crippen molar-refractivity contribution >= 4 is 21.7 Å². The van der Waals surface area contributed by atoms with Crippen molar-refractivity contribution in [2.45, 2.75) is 25.9 Å². The first-order chi connectivity index (χ1) is 8.27. The van der Waals surface area contributed by atoms with E-state index in [0.717, 1.165) is 23.7 Å². The molecule has 1 aliphatic rings. The SMILES string of the molecule is CCOC(CBr)C1CCc2ccccc2C1=O. The van der Waals surface area contributed by atoms with E-state index in [1.54, 1.807) is 0 Å². The summed E-state index contributed by atoms with van der Waals surface area (Å²) in [5.74, 6) is 0.244. The van der Waals surface area contributed by atoms with Gasteiger partial charge in [-0.25, -0.2) is 0 Å². The fraction of sp³-hybridized carbons (Fsp3) is 0.500. The Morgan fingerprint density at radius 3 is 2.94 bits per heavy atom. The Bertz CT molecular complexity index is 403. The highest BCUT2D eigenvalue weighted by atomic mass is 79.9. The van der Waals surface area contributed by atoms with E-state index in [1.807, 2.05) is 31.2 Å². The molecule has 0 saturated carbocycles. The van der Waals surface area contributed by atoms with Gasteiger partial charge in [0.1, 0.15) is 0 Å². The lowest BCUT2D eigenvalue weighted by Gasteiger charge is -2.29. The molecule has 0 amide bonds. The summed E-state index contributed by atoms with van der Waals surface area (Å²) in [7, 11) is 0. The lowest BCUT2D eigenvalue weighted by Crippen LogP contribution is -2.35. The van der Waals surface area contributed by atoms with Gasteiger partial charge in [-0.2, -0.15) is 0 Å². The van der Waals surface area contributed by atoms with Crippen LogP contribution in [-0.4, -0.2) is 23.8 Å². The molecule has 1 aromatic rings. The van der Waals surface area contributed by atoms with E-state index in [2.05, 4.69) is 15.9 Å². The summed E-state index contributed by atoms with van der Waals surface area (Å²) in [5, 5.41) is 0.722. The van der Waals surface area contributed by atoms with Crippen LogP contribution in [0.4, 0.5) is 0 Å². The average molecular weight is 297 g/mol. The van der Waals surface area contributed by atoms with Gasteiger partial charge in [-0.05, 0) is 25.3 Å². The summed E-state index contributed by atoms with van der Waals surface area (Å²) in [6.07, 6.45) is 1.87. The molecule has 0 aliphatic heterocycles. The molecule has 0 bridgehead atoms. The van der Waals surface area contributed by atoms with Crippen LogP contribution in [0.5, 0.6) is 0 Å². The summed E-state index contributed by atoms with van der Waals surface area (Å²) < 4.78 is 5.65. The molecule has 92 valence electrons. The van der Waals surface area contributed by atoms with Crippen LogP contribution in [0.25, 0.3) is 0 Å². The molecule has 0 spiro atoms. The fourth-order valence-electron chi connectivity index (χ4n) is 2.46. The zero-order chi connectivity index (χ0) is 12.3. The van der Waals surface area contributed by atoms with Gasteiger partial charge in [-0.15, -0.1) is 0 Å². The molecule has 2 unspecified atom stereocenters. The fourth-order valence-corrected chi connectivity index (χ4v) is 3.10. The molecule has 1 aliphatic carbocycles. The molecule has 17 heavy (non-hydrogen) atoms. The highest BCUT2D eigenvalue weighted by Gasteiger charge is 2.33. The first kappa shape index (κ1) is 12.8. The molecule has 0 radical (unpaired) electrons. The van der Waals surface area contributed by atoms with Gasteiger partial charge in [0.2, 0.25) is 0 Å². The van der Waals surface area contributed by atoms with E-state index in [1.165, 1.54) is 5.56 Å². The zero-order valence-electron chi connectivity index (χ0n) is 9.99. The second-order valence-electron chi connectivity index (χ2n) is 4.31. The maximum atomic E-state index is 12.4. The number of benzene rings is 1. The molecule has 1 aromatic carbocycles. The molecule has 2 rings (SSSR count). The Morgan fingerprint density at radius 2 is 2.24 bits per heavy atom. The monoisotopic (exact) mass is 296 g/mol. The Balaban J connectivity index is 2.22. The van der Waals surface area contributed by atoms with Crippen LogP contribution in [0.1, 0.15) is 29.3 Å². The topological polar surface area (TPSA) is 26.3 Å². The van der Waals surface area contributed by atoms with E-state index in [-0.39, 0.29) is 17.8 Å². The van der Waals surface area contributed by atoms with Gasteiger partial charge < -0.3 is 4.74 Å². The highest BCUT2D eigenvalue weighted by Crippen LogP contribution is 2.29. The minimum absolute atomic E-state index is 0.000793. The van der Waals surface area contributed by atoms with Gasteiger partial charge in [-0.1, -0.05) is 40.2 Å². The van der Waals surface area contributed by atoms with Crippen LogP contribution in [0.2, 0.25) is 0 Å². The van der Waals surface area contributed by atoms with Crippen molar-refractivity contribution < 1.29 is 9.53 Å². The molecule has 3 heteroatoms. The second kappa shape index (κ2) is 5.78. The predicted octanol–water partition coefficient (Wildman–Crippen LogP) is 3.23. The van der Waals surface area contributed by atoms with Gasteiger partial charge in [0, 0.05) is 23.4 Å². The molecular formula is C14H17BrO2. The van der Waals surface area contributed by atoms with Crippen molar-refractivity contribution in [1.82, 2.24) is 0 Å². The number of ether oxygens (including phenoxy) is 1. The molecule has 0 saturated heterocycles. The van der Waals surface area contributed by atoms with Crippen LogP contribution >= 0.6 is 15.9 Å². The molecule has 2 atom stereocenters. The summed E-state index contributed by atoms with van der Waals surface area (Å²) in [4.78, 5) is 12.4. The van der Waals surface area contributed by atoms with Crippen molar-refractivity contribution in [2.75, 3.05) is 11.9 Å². The molecule has 0 N–H and O–H groups in total. The second-order valence-corrected chi connectivity index (χ2v) is 4.96. The van der Waals surface area contributed by atoms with Crippen molar-refractivity contribution in [3.05, 3.63) is 35.4 Å². The van der Waals surface area contributed by atoms with Crippen molar-refractivity contribution in [2.24, 2.45) is 5.92 Å². The quantitative estimate of drug-likeness (QED) is 0.798. The Morgan fingerprint density at radius 1 is 1.47 bits per heavy atom. The third kappa shape index (κ3) is 2.61. The van der Waals surface area contributed by atoms with Gasteiger partial charge in [0.05, 0.1) is 6.10 Å². The standard InChI is InChI=1S/C14H17BrO2/c1-2-17-13(9-15)12-8-7-10-5-3-4-6-11(10)14(12)16/h3-6,12-13H,2,7-9H2,1H3. The maximum absolute atomic E-state index is 12.4. The lowest BCUT2D eigenvalue weighted by molar-refractivity contribution is 0.0307. The molecule has 0 fully saturated rings. The van der Waals surface area contributed by atoms with Crippen molar-refractivity contribution in [3.8, 4) is 0 Å². The Hall–Kier alpha value is -0.670. The van der Waals surface area contributed by atoms with E-state index in [4.69, 9.17) is 4.74 Å². The van der Waals surface area contributed by atoms with E-state index in [9.17, 15) is 4.79 Å².